The van der Waals surface area contributed by atoms with Crippen LogP contribution >= 0.6 is 24.8 Å². The molecule has 0 unspecified atom stereocenters. The zero-order valence-corrected chi connectivity index (χ0v) is 11.5. The minimum absolute atomic E-state index is 0. The van der Waals surface area contributed by atoms with Crippen LogP contribution in [0.25, 0.3) is 0 Å². The van der Waals surface area contributed by atoms with Gasteiger partial charge in [-0.3, -0.25) is 0 Å². The van der Waals surface area contributed by atoms with Crippen molar-refractivity contribution in [3.05, 3.63) is 23.8 Å². The van der Waals surface area contributed by atoms with Gasteiger partial charge in [0, 0.05) is 31.0 Å². The first-order valence-corrected chi connectivity index (χ1v) is 5.15. The highest BCUT2D eigenvalue weighted by atomic mass is 35.5. The van der Waals surface area contributed by atoms with Gasteiger partial charge >= 0.3 is 0 Å². The van der Waals surface area contributed by atoms with Crippen LogP contribution in [-0.4, -0.2) is 31.3 Å². The van der Waals surface area contributed by atoms with Crippen LogP contribution in [0.2, 0.25) is 0 Å². The van der Waals surface area contributed by atoms with Crippen LogP contribution in [-0.2, 0) is 0 Å². The third-order valence-corrected chi connectivity index (χ3v) is 2.19. The van der Waals surface area contributed by atoms with Gasteiger partial charge in [-0.2, -0.15) is 0 Å². The van der Waals surface area contributed by atoms with Crippen molar-refractivity contribution in [1.82, 2.24) is 5.32 Å². The molecule has 0 atom stereocenters. The predicted molar refractivity (Wildman–Crippen MR) is 78.5 cm³/mol. The van der Waals surface area contributed by atoms with Crippen molar-refractivity contribution in [3.8, 4) is 0 Å². The van der Waals surface area contributed by atoms with Crippen LogP contribution in [0.5, 0.6) is 0 Å². The van der Waals surface area contributed by atoms with Crippen molar-refractivity contribution in [1.29, 1.82) is 0 Å². The van der Waals surface area contributed by atoms with Gasteiger partial charge in [0.15, 0.2) is 0 Å². The van der Waals surface area contributed by atoms with Gasteiger partial charge in [0.25, 0.3) is 0 Å². The van der Waals surface area contributed by atoms with E-state index in [1.165, 1.54) is 0 Å². The molecule has 100 valence electrons. The highest BCUT2D eigenvalue weighted by Crippen LogP contribution is 2.15. The molecule has 0 radical (unpaired) electrons. The highest BCUT2D eigenvalue weighted by molar-refractivity contribution is 5.85. The molecule has 0 aliphatic rings. The second kappa shape index (κ2) is 10.5. The normalized spacial score (nSPS) is 9.06. The van der Waals surface area contributed by atoms with Crippen molar-refractivity contribution >= 4 is 36.2 Å². The Bertz CT molecular complexity index is 311. The second-order valence-electron chi connectivity index (χ2n) is 3.47. The number of aliphatic hydroxyl groups is 1. The molecule has 0 heterocycles. The Morgan fingerprint density at radius 2 is 1.88 bits per heavy atom. The van der Waals surface area contributed by atoms with Gasteiger partial charge in [-0.25, -0.2) is 0 Å². The van der Waals surface area contributed by atoms with E-state index in [9.17, 15) is 0 Å². The van der Waals surface area contributed by atoms with Gasteiger partial charge in [0.05, 0.1) is 6.61 Å². The summed E-state index contributed by atoms with van der Waals surface area (Å²) in [5.41, 5.74) is 8.70. The van der Waals surface area contributed by atoms with E-state index in [4.69, 9.17) is 10.8 Å². The monoisotopic (exact) mass is 281 g/mol. The number of aliphatic hydroxyl groups excluding tert-OH is 1. The van der Waals surface area contributed by atoms with Crippen molar-refractivity contribution in [2.75, 3.05) is 37.3 Å². The molecule has 0 aromatic heterocycles. The first kappa shape index (κ1) is 18.7. The number of rotatable bonds is 6. The maximum absolute atomic E-state index is 8.55. The number of hydrogen-bond acceptors (Lipinski definition) is 4. The minimum atomic E-state index is 0. The topological polar surface area (TPSA) is 70.3 Å². The molecular formula is C11H21Cl2N3O. The SMILES string of the molecule is Cc1cc(NCCNCCO)ccc1N.Cl.Cl. The summed E-state index contributed by atoms with van der Waals surface area (Å²) in [5, 5.41) is 14.9. The zero-order valence-electron chi connectivity index (χ0n) is 9.90. The first-order chi connectivity index (χ1) is 7.24. The first-order valence-electron chi connectivity index (χ1n) is 5.15. The summed E-state index contributed by atoms with van der Waals surface area (Å²) < 4.78 is 0. The van der Waals surface area contributed by atoms with E-state index in [1.54, 1.807) is 0 Å². The summed E-state index contributed by atoms with van der Waals surface area (Å²) in [5.74, 6) is 0. The van der Waals surface area contributed by atoms with Gasteiger partial charge in [-0.1, -0.05) is 0 Å². The molecular weight excluding hydrogens is 261 g/mol. The summed E-state index contributed by atoms with van der Waals surface area (Å²) >= 11 is 0. The summed E-state index contributed by atoms with van der Waals surface area (Å²) in [6.45, 7) is 4.49. The fourth-order valence-electron chi connectivity index (χ4n) is 1.28. The maximum Gasteiger partial charge on any atom is 0.0555 e. The molecule has 1 rings (SSSR count). The third kappa shape index (κ3) is 7.28. The highest BCUT2D eigenvalue weighted by Gasteiger charge is 1.95. The molecule has 17 heavy (non-hydrogen) atoms. The zero-order chi connectivity index (χ0) is 11.1. The van der Waals surface area contributed by atoms with Crippen molar-refractivity contribution in [2.24, 2.45) is 0 Å². The lowest BCUT2D eigenvalue weighted by atomic mass is 10.2. The Kier molecular flexibility index (Phi) is 11.5. The summed E-state index contributed by atoms with van der Waals surface area (Å²) in [4.78, 5) is 0. The lowest BCUT2D eigenvalue weighted by Crippen LogP contribution is -2.24. The van der Waals surface area contributed by atoms with Crippen LogP contribution in [0.4, 0.5) is 11.4 Å². The number of anilines is 2. The summed E-state index contributed by atoms with van der Waals surface area (Å²) in [7, 11) is 0. The molecule has 1 aromatic carbocycles. The van der Waals surface area contributed by atoms with E-state index < -0.39 is 0 Å². The average molecular weight is 282 g/mol. The van der Waals surface area contributed by atoms with Gasteiger partial charge < -0.3 is 21.5 Å². The number of benzene rings is 1. The maximum atomic E-state index is 8.55. The summed E-state index contributed by atoms with van der Waals surface area (Å²) in [6.07, 6.45) is 0. The molecule has 1 aromatic rings. The average Bonchev–Trinajstić information content (AvgIpc) is 2.23. The van der Waals surface area contributed by atoms with Crippen molar-refractivity contribution in [3.63, 3.8) is 0 Å². The smallest absolute Gasteiger partial charge is 0.0555 e. The molecule has 0 amide bonds. The van der Waals surface area contributed by atoms with Gasteiger partial charge in [0.2, 0.25) is 0 Å². The van der Waals surface area contributed by atoms with Crippen LogP contribution < -0.4 is 16.4 Å². The quantitative estimate of drug-likeness (QED) is 0.470. The lowest BCUT2D eigenvalue weighted by Gasteiger charge is -2.08. The largest absolute Gasteiger partial charge is 0.399 e. The van der Waals surface area contributed by atoms with Gasteiger partial charge in [-0.15, -0.1) is 24.8 Å². The molecule has 0 aliphatic heterocycles. The standard InChI is InChI=1S/C11H19N3O.2ClH/c1-9-8-10(2-3-11(9)12)14-5-4-13-6-7-15;;/h2-3,8,13-15H,4-7,12H2,1H3;2*1H. The number of aryl methyl sites for hydroxylation is 1. The minimum Gasteiger partial charge on any atom is -0.399 e. The van der Waals surface area contributed by atoms with E-state index in [-0.39, 0.29) is 31.4 Å². The molecule has 0 saturated carbocycles. The number of nitrogens with one attached hydrogen (secondary N) is 2. The fraction of sp³-hybridized carbons (Fsp3) is 0.455. The van der Waals surface area contributed by atoms with Crippen molar-refractivity contribution in [2.45, 2.75) is 6.92 Å². The number of halogens is 2. The second-order valence-corrected chi connectivity index (χ2v) is 3.47. The fourth-order valence-corrected chi connectivity index (χ4v) is 1.28. The Morgan fingerprint density at radius 1 is 1.18 bits per heavy atom. The van der Waals surface area contributed by atoms with Crippen LogP contribution in [0, 0.1) is 6.92 Å². The lowest BCUT2D eigenvalue weighted by molar-refractivity contribution is 0.293. The van der Waals surface area contributed by atoms with E-state index in [0.717, 1.165) is 30.0 Å². The molecule has 6 heteroatoms. The van der Waals surface area contributed by atoms with E-state index in [2.05, 4.69) is 10.6 Å². The van der Waals surface area contributed by atoms with E-state index >= 15 is 0 Å². The third-order valence-electron chi connectivity index (χ3n) is 2.19. The molecule has 0 bridgehead atoms. The molecule has 0 spiro atoms. The molecule has 0 fully saturated rings. The number of nitrogens with two attached hydrogens (primary N) is 1. The molecule has 0 aliphatic carbocycles. The van der Waals surface area contributed by atoms with Crippen LogP contribution in [0.3, 0.4) is 0 Å². The van der Waals surface area contributed by atoms with Crippen LogP contribution in [0.15, 0.2) is 18.2 Å². The Morgan fingerprint density at radius 3 is 2.47 bits per heavy atom. The van der Waals surface area contributed by atoms with Gasteiger partial charge in [-0.05, 0) is 30.7 Å². The number of hydrogen-bond donors (Lipinski definition) is 4. The van der Waals surface area contributed by atoms with E-state index in [0.29, 0.717) is 6.54 Å². The van der Waals surface area contributed by atoms with Gasteiger partial charge in [0.1, 0.15) is 0 Å². The van der Waals surface area contributed by atoms with Crippen molar-refractivity contribution < 1.29 is 5.11 Å². The molecule has 5 N–H and O–H groups in total. The van der Waals surface area contributed by atoms with E-state index in [1.807, 2.05) is 25.1 Å². The Hall–Kier alpha value is -0.680. The number of nitrogen functional groups attached to an aromatic ring is 1. The Balaban J connectivity index is 0. The summed E-state index contributed by atoms with van der Waals surface area (Å²) in [6, 6.07) is 5.90. The molecule has 0 saturated heterocycles. The van der Waals surface area contributed by atoms with Crippen LogP contribution in [0.1, 0.15) is 5.56 Å². The molecule has 4 nitrogen and oxygen atoms in total. The Labute approximate surface area is 115 Å². The predicted octanol–water partition coefficient (Wildman–Crippen LogP) is 1.41.